The van der Waals surface area contributed by atoms with Gasteiger partial charge in [0.25, 0.3) is 0 Å². The van der Waals surface area contributed by atoms with Crippen LogP contribution in [0.5, 0.6) is 0 Å². The first-order chi connectivity index (χ1) is 14.5. The van der Waals surface area contributed by atoms with Crippen LogP contribution in [0.3, 0.4) is 0 Å². The Bertz CT molecular complexity index is 1040. The number of fused-ring (bicyclic) bond motifs is 1. The number of carboxylic acids is 2. The molecule has 0 aliphatic rings. The minimum Gasteiger partial charge on any atom is -0.477 e. The van der Waals surface area contributed by atoms with Gasteiger partial charge in [0, 0.05) is 12.7 Å². The second kappa shape index (κ2) is 10.1. The fourth-order valence-corrected chi connectivity index (χ4v) is 2.97. The van der Waals surface area contributed by atoms with Gasteiger partial charge in [-0.2, -0.15) is 13.2 Å². The molecule has 0 spiro atoms. The Morgan fingerprint density at radius 3 is 2.52 bits per heavy atom. The molecule has 14 heteroatoms. The van der Waals surface area contributed by atoms with Crippen molar-refractivity contribution in [3.05, 3.63) is 47.1 Å². The van der Waals surface area contributed by atoms with Gasteiger partial charge in [0.15, 0.2) is 4.96 Å². The Morgan fingerprint density at radius 1 is 1.29 bits per heavy atom. The highest BCUT2D eigenvalue weighted by Crippen LogP contribution is 2.18. The van der Waals surface area contributed by atoms with Crippen LogP contribution in [0, 0.1) is 0 Å². The summed E-state index contributed by atoms with van der Waals surface area (Å²) in [6.45, 7) is 2.49. The summed E-state index contributed by atoms with van der Waals surface area (Å²) in [6, 6.07) is 3.14. The molecule has 31 heavy (non-hydrogen) atoms. The van der Waals surface area contributed by atoms with E-state index in [2.05, 4.69) is 15.6 Å². The SMILES string of the molecule is CC(NCc1cnc2sc(C(=O)O)cn12)C(=O)NCc1ccco1.O=C(O)C(F)(F)F. The van der Waals surface area contributed by atoms with Gasteiger partial charge in [-0.1, -0.05) is 11.3 Å². The fourth-order valence-electron chi connectivity index (χ4n) is 2.15. The van der Waals surface area contributed by atoms with Gasteiger partial charge in [-0.3, -0.25) is 9.20 Å². The minimum absolute atomic E-state index is 0.149. The summed E-state index contributed by atoms with van der Waals surface area (Å²) in [4.78, 5) is 37.0. The van der Waals surface area contributed by atoms with Gasteiger partial charge in [0.1, 0.15) is 10.6 Å². The number of halogens is 3. The molecule has 3 heterocycles. The van der Waals surface area contributed by atoms with Crippen LogP contribution in [0.2, 0.25) is 0 Å². The first kappa shape index (κ1) is 23.9. The van der Waals surface area contributed by atoms with E-state index in [0.717, 1.165) is 17.0 Å². The topological polar surface area (TPSA) is 146 Å². The molecule has 0 fully saturated rings. The molecule has 3 aromatic rings. The molecule has 1 amide bonds. The summed E-state index contributed by atoms with van der Waals surface area (Å²) >= 11 is 1.11. The van der Waals surface area contributed by atoms with E-state index in [1.807, 2.05) is 0 Å². The number of furan rings is 1. The normalized spacial score (nSPS) is 12.1. The van der Waals surface area contributed by atoms with Crippen LogP contribution in [0.1, 0.15) is 28.0 Å². The Morgan fingerprint density at radius 2 is 1.97 bits per heavy atom. The number of aromatic carboxylic acids is 1. The second-order valence-electron chi connectivity index (χ2n) is 6.01. The van der Waals surface area contributed by atoms with Crippen molar-refractivity contribution in [3.8, 4) is 0 Å². The standard InChI is InChI=1S/C15H16N4O4S.C2HF3O2/c1-9(13(20)17-7-11-3-2-4-23-11)16-5-10-6-18-15-19(10)8-12(24-15)14(21)22;3-2(4,5)1(6)7/h2-4,6,8-9,16H,5,7H2,1H3,(H,17,20)(H,21,22);(H,6,7). The summed E-state index contributed by atoms with van der Waals surface area (Å²) in [5.41, 5.74) is 0.791. The maximum absolute atomic E-state index is 12.0. The number of alkyl halides is 3. The van der Waals surface area contributed by atoms with Crippen LogP contribution in [0.15, 0.2) is 35.2 Å². The van der Waals surface area contributed by atoms with E-state index in [-0.39, 0.29) is 10.8 Å². The number of nitrogens with zero attached hydrogens (tertiary/aromatic N) is 2. The highest BCUT2D eigenvalue weighted by molar-refractivity contribution is 7.18. The van der Waals surface area contributed by atoms with Crippen LogP contribution < -0.4 is 10.6 Å². The third kappa shape index (κ3) is 6.82. The van der Waals surface area contributed by atoms with Gasteiger partial charge in [0.05, 0.1) is 30.7 Å². The number of aliphatic carboxylic acids is 1. The van der Waals surface area contributed by atoms with Crippen molar-refractivity contribution >= 4 is 34.1 Å². The zero-order valence-corrected chi connectivity index (χ0v) is 16.7. The van der Waals surface area contributed by atoms with E-state index in [1.54, 1.807) is 35.9 Å². The Labute approximate surface area is 176 Å². The van der Waals surface area contributed by atoms with Crippen LogP contribution in [-0.2, 0) is 22.7 Å². The van der Waals surface area contributed by atoms with E-state index in [9.17, 15) is 22.8 Å². The van der Waals surface area contributed by atoms with Crippen molar-refractivity contribution in [2.24, 2.45) is 0 Å². The Kier molecular flexibility index (Phi) is 7.77. The lowest BCUT2D eigenvalue weighted by Gasteiger charge is -2.13. The Balaban J connectivity index is 0.000000423. The number of carbonyl (C=O) groups excluding carboxylic acids is 1. The average Bonchev–Trinajstić information content (AvgIpc) is 3.41. The lowest BCUT2D eigenvalue weighted by molar-refractivity contribution is -0.192. The van der Waals surface area contributed by atoms with Crippen LogP contribution in [-0.4, -0.2) is 49.7 Å². The summed E-state index contributed by atoms with van der Waals surface area (Å²) < 4.78 is 38.6. The Hall–Kier alpha value is -3.39. The number of thiazole rings is 1. The van der Waals surface area contributed by atoms with Crippen molar-refractivity contribution in [2.75, 3.05) is 0 Å². The third-order valence-corrected chi connectivity index (χ3v) is 4.72. The summed E-state index contributed by atoms with van der Waals surface area (Å²) in [7, 11) is 0. The fraction of sp³-hybridized carbons (Fsp3) is 0.294. The molecule has 0 aromatic carbocycles. The molecule has 0 saturated heterocycles. The van der Waals surface area contributed by atoms with Crippen LogP contribution >= 0.6 is 11.3 Å². The van der Waals surface area contributed by atoms with Crippen molar-refractivity contribution in [1.29, 1.82) is 0 Å². The quantitative estimate of drug-likeness (QED) is 0.418. The summed E-state index contributed by atoms with van der Waals surface area (Å²) in [5, 5.41) is 22.0. The van der Waals surface area contributed by atoms with Crippen molar-refractivity contribution in [3.63, 3.8) is 0 Å². The molecule has 0 aliphatic carbocycles. The number of rotatable bonds is 7. The van der Waals surface area contributed by atoms with Gasteiger partial charge in [-0.05, 0) is 19.1 Å². The third-order valence-electron chi connectivity index (χ3n) is 3.74. The molecule has 0 aliphatic heterocycles. The highest BCUT2D eigenvalue weighted by Gasteiger charge is 2.38. The molecular weight excluding hydrogens is 445 g/mol. The van der Waals surface area contributed by atoms with Gasteiger partial charge >= 0.3 is 18.1 Å². The van der Waals surface area contributed by atoms with E-state index >= 15 is 0 Å². The predicted octanol–water partition coefficient (Wildman–Crippen LogP) is 2.11. The molecule has 0 bridgehead atoms. The van der Waals surface area contributed by atoms with Gasteiger partial charge in [-0.25, -0.2) is 14.6 Å². The molecule has 1 unspecified atom stereocenters. The number of amides is 1. The summed E-state index contributed by atoms with van der Waals surface area (Å²) in [6.07, 6.45) is -0.327. The van der Waals surface area contributed by atoms with Gasteiger partial charge < -0.3 is 25.3 Å². The van der Waals surface area contributed by atoms with Crippen LogP contribution in [0.4, 0.5) is 13.2 Å². The zero-order chi connectivity index (χ0) is 23.2. The number of aromatic nitrogens is 2. The zero-order valence-electron chi connectivity index (χ0n) is 15.8. The van der Waals surface area contributed by atoms with E-state index < -0.39 is 24.2 Å². The monoisotopic (exact) mass is 462 g/mol. The van der Waals surface area contributed by atoms with Crippen molar-refractivity contribution in [2.45, 2.75) is 32.2 Å². The number of imidazole rings is 1. The largest absolute Gasteiger partial charge is 0.490 e. The van der Waals surface area contributed by atoms with Crippen molar-refractivity contribution < 1.29 is 42.2 Å². The number of hydrogen-bond acceptors (Lipinski definition) is 7. The molecule has 10 nitrogen and oxygen atoms in total. The molecule has 3 aromatic heterocycles. The van der Waals surface area contributed by atoms with E-state index in [4.69, 9.17) is 19.4 Å². The number of carboxylic acid groups (broad SMARTS) is 2. The lowest BCUT2D eigenvalue weighted by Crippen LogP contribution is -2.41. The van der Waals surface area contributed by atoms with Crippen LogP contribution in [0.25, 0.3) is 4.96 Å². The first-order valence-corrected chi connectivity index (χ1v) is 9.33. The first-order valence-electron chi connectivity index (χ1n) is 8.51. The number of nitrogens with one attached hydrogen (secondary N) is 2. The average molecular weight is 462 g/mol. The second-order valence-corrected chi connectivity index (χ2v) is 7.01. The van der Waals surface area contributed by atoms with E-state index in [0.29, 0.717) is 23.8 Å². The molecular formula is C17H17F3N4O6S. The van der Waals surface area contributed by atoms with Gasteiger partial charge in [-0.15, -0.1) is 0 Å². The smallest absolute Gasteiger partial charge is 0.477 e. The van der Waals surface area contributed by atoms with E-state index in [1.165, 1.54) is 6.20 Å². The molecule has 3 rings (SSSR count). The lowest BCUT2D eigenvalue weighted by atomic mass is 10.3. The number of hydrogen-bond donors (Lipinski definition) is 4. The molecule has 1 atom stereocenters. The predicted molar refractivity (Wildman–Crippen MR) is 101 cm³/mol. The highest BCUT2D eigenvalue weighted by atomic mass is 32.1. The minimum atomic E-state index is -5.08. The summed E-state index contributed by atoms with van der Waals surface area (Å²) in [5.74, 6) is -3.20. The molecule has 168 valence electrons. The molecule has 0 saturated carbocycles. The molecule has 4 N–H and O–H groups in total. The molecule has 0 radical (unpaired) electrons. The van der Waals surface area contributed by atoms with Crippen molar-refractivity contribution in [1.82, 2.24) is 20.0 Å². The number of carbonyl (C=O) groups is 3. The van der Waals surface area contributed by atoms with Gasteiger partial charge in [0.2, 0.25) is 5.91 Å². The maximum atomic E-state index is 12.0. The maximum Gasteiger partial charge on any atom is 0.490 e.